The number of amides is 1. The number of nitrogens with one attached hydrogen (secondary N) is 1. The SMILES string of the molecule is [C-]#[N+]/C(=C/OCC)C(=O)Nc1ccc(OCc2ccccn2)c(Cl)c1. The van der Waals surface area contributed by atoms with Gasteiger partial charge in [0, 0.05) is 11.9 Å². The molecule has 0 saturated carbocycles. The Bertz CT molecular complexity index is 801. The molecule has 1 heterocycles. The van der Waals surface area contributed by atoms with Gasteiger partial charge in [0.1, 0.15) is 12.4 Å². The van der Waals surface area contributed by atoms with Crippen molar-refractivity contribution in [3.8, 4) is 5.75 Å². The van der Waals surface area contributed by atoms with Gasteiger partial charge < -0.3 is 14.8 Å². The van der Waals surface area contributed by atoms with Crippen LogP contribution in [-0.4, -0.2) is 17.5 Å². The van der Waals surface area contributed by atoms with E-state index in [4.69, 9.17) is 27.6 Å². The lowest BCUT2D eigenvalue weighted by Gasteiger charge is -2.10. The summed E-state index contributed by atoms with van der Waals surface area (Å²) in [5, 5.41) is 2.93. The summed E-state index contributed by atoms with van der Waals surface area (Å²) in [5.41, 5.74) is 1.08. The van der Waals surface area contributed by atoms with E-state index in [1.807, 2.05) is 18.2 Å². The monoisotopic (exact) mass is 357 g/mol. The van der Waals surface area contributed by atoms with Crippen LogP contribution < -0.4 is 10.1 Å². The summed E-state index contributed by atoms with van der Waals surface area (Å²) in [7, 11) is 0. The number of benzene rings is 1. The summed E-state index contributed by atoms with van der Waals surface area (Å²) in [6.07, 6.45) is 2.82. The van der Waals surface area contributed by atoms with E-state index >= 15 is 0 Å². The summed E-state index contributed by atoms with van der Waals surface area (Å²) >= 11 is 6.18. The highest BCUT2D eigenvalue weighted by atomic mass is 35.5. The molecule has 0 atom stereocenters. The highest BCUT2D eigenvalue weighted by Gasteiger charge is 2.12. The van der Waals surface area contributed by atoms with E-state index in [0.29, 0.717) is 23.1 Å². The van der Waals surface area contributed by atoms with E-state index in [2.05, 4.69) is 15.1 Å². The van der Waals surface area contributed by atoms with Crippen LogP contribution >= 0.6 is 11.6 Å². The van der Waals surface area contributed by atoms with Gasteiger partial charge in [-0.2, -0.15) is 0 Å². The molecule has 6 nitrogen and oxygen atoms in total. The van der Waals surface area contributed by atoms with E-state index in [0.717, 1.165) is 12.0 Å². The molecule has 1 N–H and O–H groups in total. The van der Waals surface area contributed by atoms with Gasteiger partial charge in [0.2, 0.25) is 0 Å². The zero-order valence-electron chi connectivity index (χ0n) is 13.5. The second-order valence-corrected chi connectivity index (χ2v) is 5.19. The van der Waals surface area contributed by atoms with Crippen LogP contribution in [0.15, 0.2) is 54.6 Å². The molecule has 1 aromatic carbocycles. The summed E-state index contributed by atoms with van der Waals surface area (Å²) in [6.45, 7) is 9.43. The van der Waals surface area contributed by atoms with Gasteiger partial charge in [0.25, 0.3) is 11.6 Å². The number of carbonyl (C=O) groups is 1. The normalized spacial score (nSPS) is 10.7. The number of aromatic nitrogens is 1. The molecule has 1 amide bonds. The minimum absolute atomic E-state index is 0.145. The number of carbonyl (C=O) groups excluding carboxylic acids is 1. The number of ether oxygens (including phenoxy) is 2. The van der Waals surface area contributed by atoms with Gasteiger partial charge in [-0.25, -0.2) is 4.85 Å². The Labute approximate surface area is 150 Å². The van der Waals surface area contributed by atoms with Crippen molar-refractivity contribution >= 4 is 23.2 Å². The van der Waals surface area contributed by atoms with E-state index < -0.39 is 5.91 Å². The average Bonchev–Trinajstić information content (AvgIpc) is 2.62. The quantitative estimate of drug-likeness (QED) is 0.461. The van der Waals surface area contributed by atoms with Crippen molar-refractivity contribution in [3.63, 3.8) is 0 Å². The zero-order valence-corrected chi connectivity index (χ0v) is 14.3. The van der Waals surface area contributed by atoms with Gasteiger partial charge in [0.05, 0.1) is 30.2 Å². The van der Waals surface area contributed by atoms with Crippen molar-refractivity contribution in [2.75, 3.05) is 11.9 Å². The lowest BCUT2D eigenvalue weighted by atomic mass is 10.3. The zero-order chi connectivity index (χ0) is 18.1. The maximum atomic E-state index is 12.0. The van der Waals surface area contributed by atoms with Crippen LogP contribution in [0.2, 0.25) is 5.02 Å². The number of nitrogens with zero attached hydrogens (tertiary/aromatic N) is 2. The molecule has 0 aliphatic rings. The van der Waals surface area contributed by atoms with Crippen molar-refractivity contribution in [2.24, 2.45) is 0 Å². The molecule has 0 aliphatic carbocycles. The first-order chi connectivity index (χ1) is 12.1. The van der Waals surface area contributed by atoms with Gasteiger partial charge in [-0.3, -0.25) is 9.78 Å². The van der Waals surface area contributed by atoms with Crippen LogP contribution in [-0.2, 0) is 16.1 Å². The smallest absolute Gasteiger partial charge is 0.283 e. The number of anilines is 1. The number of hydrogen-bond acceptors (Lipinski definition) is 4. The maximum Gasteiger partial charge on any atom is 0.283 e. The molecule has 0 bridgehead atoms. The molecule has 0 aliphatic heterocycles. The fraction of sp³-hybridized carbons (Fsp3) is 0.167. The molecule has 2 aromatic rings. The first-order valence-corrected chi connectivity index (χ1v) is 7.84. The van der Waals surface area contributed by atoms with E-state index in [9.17, 15) is 4.79 Å². The van der Waals surface area contributed by atoms with Gasteiger partial charge in [0.15, 0.2) is 0 Å². The fourth-order valence-corrected chi connectivity index (χ4v) is 2.05. The number of hydrogen-bond donors (Lipinski definition) is 1. The third-order valence-electron chi connectivity index (χ3n) is 3.01. The van der Waals surface area contributed by atoms with Gasteiger partial charge in [-0.05, 0) is 37.3 Å². The van der Waals surface area contributed by atoms with Gasteiger partial charge in [-0.1, -0.05) is 17.7 Å². The van der Waals surface area contributed by atoms with Crippen molar-refractivity contribution in [1.29, 1.82) is 0 Å². The fourth-order valence-electron chi connectivity index (χ4n) is 1.82. The predicted octanol–water partition coefficient (Wildman–Crippen LogP) is 4.05. The average molecular weight is 358 g/mol. The Kier molecular flexibility index (Phi) is 6.81. The molecule has 0 saturated heterocycles. The number of pyridine rings is 1. The van der Waals surface area contributed by atoms with Crippen molar-refractivity contribution < 1.29 is 14.3 Å². The topological polar surface area (TPSA) is 64.8 Å². The minimum Gasteiger partial charge on any atom is -0.512 e. The van der Waals surface area contributed by atoms with Crippen molar-refractivity contribution in [2.45, 2.75) is 13.5 Å². The van der Waals surface area contributed by atoms with E-state index in [1.54, 1.807) is 31.3 Å². The van der Waals surface area contributed by atoms with Crippen LogP contribution in [0.5, 0.6) is 5.75 Å². The van der Waals surface area contributed by atoms with Gasteiger partial charge >= 0.3 is 0 Å². The first-order valence-electron chi connectivity index (χ1n) is 7.47. The Morgan fingerprint density at radius 3 is 2.88 bits per heavy atom. The summed E-state index contributed by atoms with van der Waals surface area (Å²) in [6, 6.07) is 10.4. The molecule has 1 aromatic heterocycles. The Balaban J connectivity index is 2.01. The van der Waals surface area contributed by atoms with Gasteiger partial charge in [-0.15, -0.1) is 0 Å². The summed E-state index contributed by atoms with van der Waals surface area (Å²) < 4.78 is 10.6. The predicted molar refractivity (Wildman–Crippen MR) is 95.0 cm³/mol. The minimum atomic E-state index is -0.568. The second kappa shape index (κ2) is 9.30. The molecule has 0 fully saturated rings. The number of halogens is 1. The molecule has 0 radical (unpaired) electrons. The van der Waals surface area contributed by atoms with E-state index in [1.165, 1.54) is 0 Å². The lowest BCUT2D eigenvalue weighted by molar-refractivity contribution is -0.112. The molecular formula is C18H16ClN3O3. The molecular weight excluding hydrogens is 342 g/mol. The molecule has 25 heavy (non-hydrogen) atoms. The van der Waals surface area contributed by atoms with Crippen LogP contribution in [0.1, 0.15) is 12.6 Å². The van der Waals surface area contributed by atoms with Crippen LogP contribution in [0.4, 0.5) is 5.69 Å². The summed E-state index contributed by atoms with van der Waals surface area (Å²) in [5.74, 6) is -0.0951. The molecule has 0 spiro atoms. The van der Waals surface area contributed by atoms with Crippen LogP contribution in [0, 0.1) is 6.57 Å². The molecule has 0 unspecified atom stereocenters. The Morgan fingerprint density at radius 1 is 1.40 bits per heavy atom. The highest BCUT2D eigenvalue weighted by molar-refractivity contribution is 6.32. The highest BCUT2D eigenvalue weighted by Crippen LogP contribution is 2.28. The summed E-state index contributed by atoms with van der Waals surface area (Å²) in [4.78, 5) is 19.3. The molecule has 2 rings (SSSR count). The lowest BCUT2D eigenvalue weighted by Crippen LogP contribution is -2.13. The maximum absolute atomic E-state index is 12.0. The van der Waals surface area contributed by atoms with E-state index in [-0.39, 0.29) is 12.3 Å². The number of rotatable bonds is 7. The molecule has 128 valence electrons. The first kappa shape index (κ1) is 18.3. The Morgan fingerprint density at radius 2 is 2.24 bits per heavy atom. The van der Waals surface area contributed by atoms with Crippen LogP contribution in [0.25, 0.3) is 4.85 Å². The van der Waals surface area contributed by atoms with Crippen molar-refractivity contribution in [1.82, 2.24) is 4.98 Å². The standard InChI is InChI=1S/C18H16ClN3O3/c1-3-24-12-16(20-2)18(23)22-13-7-8-17(15(19)10-13)25-11-14-6-4-5-9-21-14/h4-10,12H,3,11H2,1H3,(H,22,23)/b16-12+. The largest absolute Gasteiger partial charge is 0.512 e. The third kappa shape index (κ3) is 5.52. The van der Waals surface area contributed by atoms with Crippen LogP contribution in [0.3, 0.4) is 0 Å². The van der Waals surface area contributed by atoms with Crippen molar-refractivity contribution in [3.05, 3.63) is 76.7 Å². The molecule has 7 heteroatoms. The Hall–Kier alpha value is -3.04. The third-order valence-corrected chi connectivity index (χ3v) is 3.30. The second-order valence-electron chi connectivity index (χ2n) is 4.78.